The maximum atomic E-state index is 8.83. The Morgan fingerprint density at radius 1 is 1.24 bits per heavy atom. The van der Waals surface area contributed by atoms with Crippen molar-refractivity contribution in [1.29, 1.82) is 0 Å². The van der Waals surface area contributed by atoms with E-state index in [-0.39, 0.29) is 6.61 Å². The minimum absolute atomic E-state index is 0.250. The number of rotatable bonds is 7. The third-order valence-corrected chi connectivity index (χ3v) is 3.82. The summed E-state index contributed by atoms with van der Waals surface area (Å²) in [5, 5.41) is 9.30. The van der Waals surface area contributed by atoms with E-state index in [1.807, 2.05) is 30.0 Å². The quantitative estimate of drug-likeness (QED) is 0.814. The molecule has 17 heavy (non-hydrogen) atoms. The van der Waals surface area contributed by atoms with Crippen molar-refractivity contribution < 1.29 is 14.6 Å². The molecule has 1 atom stereocenters. The van der Waals surface area contributed by atoms with Gasteiger partial charge in [0.15, 0.2) is 11.5 Å². The van der Waals surface area contributed by atoms with Crippen molar-refractivity contribution in [2.24, 2.45) is 0 Å². The highest BCUT2D eigenvalue weighted by atomic mass is 32.2. The van der Waals surface area contributed by atoms with Crippen LogP contribution in [-0.4, -0.2) is 31.2 Å². The van der Waals surface area contributed by atoms with Gasteiger partial charge in [-0.15, -0.1) is 0 Å². The summed E-state index contributed by atoms with van der Waals surface area (Å²) in [5.74, 6) is 2.44. The summed E-state index contributed by atoms with van der Waals surface area (Å²) < 4.78 is 10.4. The molecule has 0 aliphatic rings. The van der Waals surface area contributed by atoms with Gasteiger partial charge in [-0.2, -0.15) is 11.8 Å². The Labute approximate surface area is 107 Å². The Morgan fingerprint density at radius 2 is 1.94 bits per heavy atom. The number of hydrogen-bond donors (Lipinski definition) is 1. The van der Waals surface area contributed by atoms with Crippen LogP contribution in [0.1, 0.15) is 18.9 Å². The van der Waals surface area contributed by atoms with Crippen LogP contribution in [0.4, 0.5) is 0 Å². The number of thioether (sulfide) groups is 1. The highest BCUT2D eigenvalue weighted by Gasteiger charge is 2.06. The van der Waals surface area contributed by atoms with Crippen LogP contribution in [0, 0.1) is 0 Å². The van der Waals surface area contributed by atoms with Gasteiger partial charge in [0, 0.05) is 17.6 Å². The van der Waals surface area contributed by atoms with E-state index in [4.69, 9.17) is 14.6 Å². The number of ether oxygens (including phenoxy) is 2. The van der Waals surface area contributed by atoms with Crippen LogP contribution in [0.2, 0.25) is 0 Å². The third kappa shape index (κ3) is 4.48. The first-order valence-corrected chi connectivity index (χ1v) is 6.69. The Balaban J connectivity index is 2.60. The van der Waals surface area contributed by atoms with E-state index in [2.05, 4.69) is 6.92 Å². The predicted molar refractivity (Wildman–Crippen MR) is 72.0 cm³/mol. The van der Waals surface area contributed by atoms with Gasteiger partial charge in [0.2, 0.25) is 0 Å². The second-order valence-corrected chi connectivity index (χ2v) is 5.25. The van der Waals surface area contributed by atoms with Crippen molar-refractivity contribution in [3.8, 4) is 11.5 Å². The first kappa shape index (κ1) is 14.2. The topological polar surface area (TPSA) is 38.7 Å². The van der Waals surface area contributed by atoms with Gasteiger partial charge in [-0.05, 0) is 24.1 Å². The molecule has 1 aromatic carbocycles. The lowest BCUT2D eigenvalue weighted by molar-refractivity contribution is 0.289. The molecule has 1 rings (SSSR count). The van der Waals surface area contributed by atoms with E-state index in [1.54, 1.807) is 14.2 Å². The molecule has 0 radical (unpaired) electrons. The monoisotopic (exact) mass is 256 g/mol. The largest absolute Gasteiger partial charge is 0.493 e. The standard InChI is InChI=1S/C13H20O3S/c1-10(6-7-14)17-9-11-4-5-12(15-2)13(8-11)16-3/h4-5,8,10,14H,6-7,9H2,1-3H3. The molecule has 1 aromatic rings. The molecule has 0 spiro atoms. The van der Waals surface area contributed by atoms with E-state index in [9.17, 15) is 0 Å². The predicted octanol–water partition coefficient (Wildman–Crippen LogP) is 2.71. The number of aliphatic hydroxyl groups is 1. The Hall–Kier alpha value is -0.870. The zero-order valence-corrected chi connectivity index (χ0v) is 11.4. The molecule has 3 nitrogen and oxygen atoms in total. The lowest BCUT2D eigenvalue weighted by Crippen LogP contribution is -2.00. The van der Waals surface area contributed by atoms with Gasteiger partial charge < -0.3 is 14.6 Å². The number of aliphatic hydroxyl groups excluding tert-OH is 1. The van der Waals surface area contributed by atoms with Crippen LogP contribution in [0.15, 0.2) is 18.2 Å². The van der Waals surface area contributed by atoms with E-state index < -0.39 is 0 Å². The molecule has 0 fully saturated rings. The zero-order valence-electron chi connectivity index (χ0n) is 10.6. The van der Waals surface area contributed by atoms with Crippen LogP contribution in [-0.2, 0) is 5.75 Å². The van der Waals surface area contributed by atoms with Gasteiger partial charge in [0.25, 0.3) is 0 Å². The summed E-state index contributed by atoms with van der Waals surface area (Å²) in [4.78, 5) is 0. The fourth-order valence-corrected chi connectivity index (χ4v) is 2.40. The molecule has 0 amide bonds. The van der Waals surface area contributed by atoms with E-state index in [1.165, 1.54) is 5.56 Å². The molecule has 0 heterocycles. The van der Waals surface area contributed by atoms with Gasteiger partial charge in [-0.1, -0.05) is 13.0 Å². The fourth-order valence-electron chi connectivity index (χ4n) is 1.47. The van der Waals surface area contributed by atoms with Crippen molar-refractivity contribution in [1.82, 2.24) is 0 Å². The second kappa shape index (κ2) is 7.45. The highest BCUT2D eigenvalue weighted by molar-refractivity contribution is 7.99. The molecular weight excluding hydrogens is 236 g/mol. The Morgan fingerprint density at radius 3 is 2.53 bits per heavy atom. The Kier molecular flexibility index (Phi) is 6.22. The van der Waals surface area contributed by atoms with E-state index in [0.29, 0.717) is 5.25 Å². The molecule has 0 saturated carbocycles. The van der Waals surface area contributed by atoms with Crippen molar-refractivity contribution in [3.05, 3.63) is 23.8 Å². The highest BCUT2D eigenvalue weighted by Crippen LogP contribution is 2.30. The minimum Gasteiger partial charge on any atom is -0.493 e. The Bertz CT molecular complexity index is 341. The average molecular weight is 256 g/mol. The zero-order chi connectivity index (χ0) is 12.7. The summed E-state index contributed by atoms with van der Waals surface area (Å²) in [7, 11) is 3.28. The molecule has 96 valence electrons. The van der Waals surface area contributed by atoms with E-state index >= 15 is 0 Å². The van der Waals surface area contributed by atoms with Crippen LogP contribution in [0.3, 0.4) is 0 Å². The third-order valence-electron chi connectivity index (χ3n) is 2.52. The van der Waals surface area contributed by atoms with Crippen molar-refractivity contribution >= 4 is 11.8 Å². The van der Waals surface area contributed by atoms with Gasteiger partial charge in [0.05, 0.1) is 14.2 Å². The van der Waals surface area contributed by atoms with Gasteiger partial charge >= 0.3 is 0 Å². The SMILES string of the molecule is COc1ccc(CSC(C)CCO)cc1OC. The maximum absolute atomic E-state index is 8.83. The molecule has 0 aliphatic heterocycles. The molecule has 1 unspecified atom stereocenters. The van der Waals surface area contributed by atoms with Crippen LogP contribution >= 0.6 is 11.8 Å². The second-order valence-electron chi connectivity index (χ2n) is 3.82. The summed E-state index contributed by atoms with van der Waals surface area (Å²) in [6.45, 7) is 2.38. The molecule has 0 aromatic heterocycles. The molecular formula is C13H20O3S. The average Bonchev–Trinajstić information content (AvgIpc) is 2.36. The molecule has 4 heteroatoms. The van der Waals surface area contributed by atoms with Crippen molar-refractivity contribution in [2.45, 2.75) is 24.3 Å². The summed E-state index contributed by atoms with van der Waals surface area (Å²) in [6.07, 6.45) is 0.831. The molecule has 0 saturated heterocycles. The maximum Gasteiger partial charge on any atom is 0.161 e. The summed E-state index contributed by atoms with van der Waals surface area (Å²) in [6, 6.07) is 5.96. The number of benzene rings is 1. The summed E-state index contributed by atoms with van der Waals surface area (Å²) >= 11 is 1.83. The van der Waals surface area contributed by atoms with Gasteiger partial charge in [-0.3, -0.25) is 0 Å². The van der Waals surface area contributed by atoms with Gasteiger partial charge in [0.1, 0.15) is 0 Å². The molecule has 0 bridgehead atoms. The molecule has 1 N–H and O–H groups in total. The van der Waals surface area contributed by atoms with Crippen molar-refractivity contribution in [3.63, 3.8) is 0 Å². The fraction of sp³-hybridized carbons (Fsp3) is 0.538. The van der Waals surface area contributed by atoms with Gasteiger partial charge in [-0.25, -0.2) is 0 Å². The van der Waals surface area contributed by atoms with Crippen molar-refractivity contribution in [2.75, 3.05) is 20.8 Å². The minimum atomic E-state index is 0.250. The van der Waals surface area contributed by atoms with Crippen LogP contribution in [0.25, 0.3) is 0 Å². The smallest absolute Gasteiger partial charge is 0.161 e. The lowest BCUT2D eigenvalue weighted by atomic mass is 10.2. The van der Waals surface area contributed by atoms with E-state index in [0.717, 1.165) is 23.7 Å². The van der Waals surface area contributed by atoms with Crippen LogP contribution < -0.4 is 9.47 Å². The normalized spacial score (nSPS) is 12.2. The first-order chi connectivity index (χ1) is 8.21. The van der Waals surface area contributed by atoms with Crippen LogP contribution in [0.5, 0.6) is 11.5 Å². The summed E-state index contributed by atoms with van der Waals surface area (Å²) in [5.41, 5.74) is 1.21. The number of hydrogen-bond acceptors (Lipinski definition) is 4. The lowest BCUT2D eigenvalue weighted by Gasteiger charge is -2.12. The first-order valence-electron chi connectivity index (χ1n) is 5.64. The molecule has 0 aliphatic carbocycles. The number of methoxy groups -OCH3 is 2.